The summed E-state index contributed by atoms with van der Waals surface area (Å²) >= 11 is 0. The van der Waals surface area contributed by atoms with Gasteiger partial charge in [0.15, 0.2) is 0 Å². The average Bonchev–Trinajstić information content (AvgIpc) is 2.86. The molecule has 0 radical (unpaired) electrons. The summed E-state index contributed by atoms with van der Waals surface area (Å²) in [5.41, 5.74) is 2.31. The number of benzene rings is 3. The molecule has 0 aromatic heterocycles. The molecule has 1 aliphatic carbocycles. The van der Waals surface area contributed by atoms with Crippen LogP contribution in [0.2, 0.25) is 0 Å². The van der Waals surface area contributed by atoms with Crippen LogP contribution in [-0.4, -0.2) is 11.8 Å². The van der Waals surface area contributed by atoms with E-state index in [1.54, 1.807) is 36.4 Å². The summed E-state index contributed by atoms with van der Waals surface area (Å²) in [7, 11) is 0. The molecule has 0 saturated carbocycles. The summed E-state index contributed by atoms with van der Waals surface area (Å²) in [6, 6.07) is 17.6. The van der Waals surface area contributed by atoms with Crippen molar-refractivity contribution in [2.75, 3.05) is 10.6 Å². The highest BCUT2D eigenvalue weighted by atomic mass is 19.1. The quantitative estimate of drug-likeness (QED) is 0.419. The molecule has 170 valence electrons. The summed E-state index contributed by atoms with van der Waals surface area (Å²) in [5.74, 6) is -1.81. The molecular weight excluding hydrogens is 438 g/mol. The Balaban J connectivity index is 1.41. The van der Waals surface area contributed by atoms with Crippen molar-refractivity contribution >= 4 is 28.9 Å². The zero-order valence-electron chi connectivity index (χ0n) is 17.9. The van der Waals surface area contributed by atoms with Crippen LogP contribution in [0.1, 0.15) is 16.8 Å². The molecule has 0 bridgehead atoms. The third kappa shape index (κ3) is 6.07. The van der Waals surface area contributed by atoms with Crippen LogP contribution in [0, 0.1) is 17.6 Å². The first-order chi connectivity index (χ1) is 16.5. The fraction of sp³-hybridized carbons (Fsp3) is 0.0769. The first-order valence-corrected chi connectivity index (χ1v) is 10.5. The first-order valence-electron chi connectivity index (χ1n) is 10.5. The number of amides is 2. The van der Waals surface area contributed by atoms with Gasteiger partial charge in [-0.2, -0.15) is 10.2 Å². The smallest absolute Gasteiger partial charge is 0.255 e. The van der Waals surface area contributed by atoms with Gasteiger partial charge >= 0.3 is 0 Å². The molecule has 2 amide bonds. The van der Waals surface area contributed by atoms with Gasteiger partial charge in [0.05, 0.1) is 17.3 Å². The monoisotopic (exact) mass is 458 g/mol. The first kappa shape index (κ1) is 22.7. The molecule has 2 N–H and O–H groups in total. The van der Waals surface area contributed by atoms with Gasteiger partial charge in [-0.25, -0.2) is 8.78 Å². The van der Waals surface area contributed by atoms with E-state index < -0.39 is 5.92 Å². The number of carbonyl (C=O) groups excluding carboxylic acids is 2. The van der Waals surface area contributed by atoms with Gasteiger partial charge in [-0.15, -0.1) is 0 Å². The second kappa shape index (κ2) is 10.4. The number of anilines is 2. The van der Waals surface area contributed by atoms with Crippen molar-refractivity contribution in [1.29, 1.82) is 0 Å². The van der Waals surface area contributed by atoms with Gasteiger partial charge in [-0.05, 0) is 85.3 Å². The lowest BCUT2D eigenvalue weighted by Gasteiger charge is -2.14. The predicted molar refractivity (Wildman–Crippen MR) is 126 cm³/mol. The minimum Gasteiger partial charge on any atom is -0.326 e. The van der Waals surface area contributed by atoms with Crippen molar-refractivity contribution in [3.05, 3.63) is 114 Å². The third-order valence-corrected chi connectivity index (χ3v) is 4.99. The van der Waals surface area contributed by atoms with Crippen LogP contribution in [0.15, 0.2) is 107 Å². The molecule has 1 atom stereocenters. The number of rotatable bonds is 6. The summed E-state index contributed by atoms with van der Waals surface area (Å²) in [6.07, 6.45) is 5.80. The van der Waals surface area contributed by atoms with Gasteiger partial charge in [0.2, 0.25) is 5.91 Å². The van der Waals surface area contributed by atoms with Crippen molar-refractivity contribution in [2.45, 2.75) is 6.42 Å². The number of azo groups is 1. The summed E-state index contributed by atoms with van der Waals surface area (Å²) in [6.45, 7) is 0. The maximum atomic E-state index is 13.0. The second-order valence-electron chi connectivity index (χ2n) is 7.54. The lowest BCUT2D eigenvalue weighted by molar-refractivity contribution is -0.118. The van der Waals surface area contributed by atoms with Gasteiger partial charge in [-0.3, -0.25) is 9.59 Å². The van der Waals surface area contributed by atoms with Crippen LogP contribution in [0.25, 0.3) is 0 Å². The van der Waals surface area contributed by atoms with Crippen molar-refractivity contribution in [2.24, 2.45) is 16.1 Å². The highest BCUT2D eigenvalue weighted by Gasteiger charge is 2.18. The number of allylic oxidation sites excluding steroid dienone is 2. The molecule has 1 unspecified atom stereocenters. The second-order valence-corrected chi connectivity index (χ2v) is 7.54. The van der Waals surface area contributed by atoms with Gasteiger partial charge in [0.1, 0.15) is 11.6 Å². The van der Waals surface area contributed by atoms with E-state index in [9.17, 15) is 18.4 Å². The van der Waals surface area contributed by atoms with Gasteiger partial charge in [-0.1, -0.05) is 12.1 Å². The normalized spacial score (nSPS) is 15.1. The molecule has 6 nitrogen and oxygen atoms in total. The van der Waals surface area contributed by atoms with Crippen molar-refractivity contribution in [3.63, 3.8) is 0 Å². The van der Waals surface area contributed by atoms with Crippen LogP contribution in [0.3, 0.4) is 0 Å². The molecule has 34 heavy (non-hydrogen) atoms. The number of nitrogens with zero attached hydrogens (tertiary/aromatic N) is 2. The zero-order valence-corrected chi connectivity index (χ0v) is 17.9. The van der Waals surface area contributed by atoms with E-state index in [2.05, 4.69) is 20.9 Å². The minimum absolute atomic E-state index is 0.233. The van der Waals surface area contributed by atoms with Gasteiger partial charge < -0.3 is 10.6 Å². The summed E-state index contributed by atoms with van der Waals surface area (Å²) in [5, 5.41) is 13.8. The molecule has 3 aromatic rings. The van der Waals surface area contributed by atoms with E-state index in [1.807, 2.05) is 6.08 Å². The maximum Gasteiger partial charge on any atom is 0.255 e. The number of nitrogens with one attached hydrogen (secondary N) is 2. The van der Waals surface area contributed by atoms with Crippen LogP contribution in [0.4, 0.5) is 25.8 Å². The summed E-state index contributed by atoms with van der Waals surface area (Å²) < 4.78 is 26.1. The Bertz CT molecular complexity index is 1280. The van der Waals surface area contributed by atoms with E-state index in [1.165, 1.54) is 48.5 Å². The molecule has 0 heterocycles. The van der Waals surface area contributed by atoms with Crippen LogP contribution < -0.4 is 10.6 Å². The third-order valence-electron chi connectivity index (χ3n) is 4.99. The van der Waals surface area contributed by atoms with E-state index >= 15 is 0 Å². The van der Waals surface area contributed by atoms with Crippen LogP contribution in [0.5, 0.6) is 0 Å². The average molecular weight is 458 g/mol. The molecule has 8 heteroatoms. The Kier molecular flexibility index (Phi) is 6.98. The van der Waals surface area contributed by atoms with Crippen molar-refractivity contribution in [1.82, 2.24) is 0 Å². The Labute approximate surface area is 194 Å². The largest absolute Gasteiger partial charge is 0.326 e. The Morgan fingerprint density at radius 3 is 2.15 bits per heavy atom. The predicted octanol–water partition coefficient (Wildman–Crippen LogP) is 6.40. The lowest BCUT2D eigenvalue weighted by atomic mass is 9.98. The Hall–Kier alpha value is -4.46. The lowest BCUT2D eigenvalue weighted by Crippen LogP contribution is -2.22. The zero-order chi connectivity index (χ0) is 23.9. The molecule has 4 rings (SSSR count). The number of hydrogen-bond donors (Lipinski definition) is 2. The highest BCUT2D eigenvalue weighted by Crippen LogP contribution is 2.23. The van der Waals surface area contributed by atoms with Gasteiger partial charge in [0, 0.05) is 16.9 Å². The van der Waals surface area contributed by atoms with E-state index in [4.69, 9.17) is 0 Å². The van der Waals surface area contributed by atoms with Crippen LogP contribution in [-0.2, 0) is 4.79 Å². The molecule has 0 fully saturated rings. The fourth-order valence-corrected chi connectivity index (χ4v) is 3.24. The van der Waals surface area contributed by atoms with Crippen molar-refractivity contribution in [3.8, 4) is 0 Å². The SMILES string of the molecule is O=C(Nc1ccc(F)cc1)c1cccc(N=NC2=CC(C(=O)Nc3ccc(F)cc3)CC=C2)c1. The van der Waals surface area contributed by atoms with E-state index in [0.717, 1.165) is 0 Å². The number of halogens is 2. The molecule has 0 aliphatic heterocycles. The molecule has 0 spiro atoms. The summed E-state index contributed by atoms with van der Waals surface area (Å²) in [4.78, 5) is 25.0. The van der Waals surface area contributed by atoms with E-state index in [-0.39, 0.29) is 23.4 Å². The number of hydrogen-bond acceptors (Lipinski definition) is 4. The topological polar surface area (TPSA) is 82.9 Å². The standard InChI is InChI=1S/C26H20F2N4O2/c27-19-7-11-21(12-8-19)29-25(33)17-3-1-5-23(15-17)31-32-24-6-2-4-18(16-24)26(34)30-22-13-9-20(28)10-14-22/h1-3,5-16,18H,4H2,(H,29,33)(H,30,34). The molecular formula is C26H20F2N4O2. The molecule has 1 aliphatic rings. The fourth-order valence-electron chi connectivity index (χ4n) is 3.24. The Morgan fingerprint density at radius 1 is 0.824 bits per heavy atom. The molecule has 0 saturated heterocycles. The van der Waals surface area contributed by atoms with Crippen LogP contribution >= 0.6 is 0 Å². The van der Waals surface area contributed by atoms with Crippen molar-refractivity contribution < 1.29 is 18.4 Å². The Morgan fingerprint density at radius 2 is 1.47 bits per heavy atom. The maximum absolute atomic E-state index is 13.0. The minimum atomic E-state index is -0.447. The van der Waals surface area contributed by atoms with Gasteiger partial charge in [0.25, 0.3) is 5.91 Å². The number of carbonyl (C=O) groups is 2. The molecule has 3 aromatic carbocycles. The van der Waals surface area contributed by atoms with E-state index in [0.29, 0.717) is 34.7 Å². The highest BCUT2D eigenvalue weighted by molar-refractivity contribution is 6.04.